The van der Waals surface area contributed by atoms with Crippen LogP contribution >= 0.6 is 0 Å². The lowest BCUT2D eigenvalue weighted by Gasteiger charge is -2.48. The highest BCUT2D eigenvalue weighted by atomic mass is 16.5. The summed E-state index contributed by atoms with van der Waals surface area (Å²) in [6.07, 6.45) is 5.85. The van der Waals surface area contributed by atoms with Gasteiger partial charge in [0, 0.05) is 31.2 Å². The Balaban J connectivity index is 1.30. The van der Waals surface area contributed by atoms with Gasteiger partial charge in [0.25, 0.3) is 0 Å². The van der Waals surface area contributed by atoms with Gasteiger partial charge in [0.15, 0.2) is 0 Å². The highest BCUT2D eigenvalue weighted by Crippen LogP contribution is 2.49. The molecule has 1 saturated carbocycles. The lowest BCUT2D eigenvalue weighted by Crippen LogP contribution is -2.53. The Morgan fingerprint density at radius 1 is 1.17 bits per heavy atom. The molecule has 2 heterocycles. The van der Waals surface area contributed by atoms with Crippen LogP contribution in [0.1, 0.15) is 61.8 Å². The maximum absolute atomic E-state index is 12.9. The van der Waals surface area contributed by atoms with E-state index in [0.29, 0.717) is 26.2 Å². The van der Waals surface area contributed by atoms with E-state index < -0.39 is 6.10 Å². The second kappa shape index (κ2) is 10.7. The van der Waals surface area contributed by atoms with Gasteiger partial charge in [-0.3, -0.25) is 4.79 Å². The first-order valence-electron chi connectivity index (χ1n) is 13.2. The second-order valence-corrected chi connectivity index (χ2v) is 10.5. The molecule has 1 aliphatic carbocycles. The Kier molecular flexibility index (Phi) is 7.42. The summed E-state index contributed by atoms with van der Waals surface area (Å²) < 4.78 is 11.9. The number of aliphatic hydroxyl groups excluding tert-OH is 1. The Bertz CT molecular complexity index is 1000. The number of carbonyl (C=O) groups excluding carboxylic acids is 1. The Labute approximate surface area is 208 Å². The molecule has 0 aromatic heterocycles. The van der Waals surface area contributed by atoms with Crippen molar-refractivity contribution in [3.05, 3.63) is 65.2 Å². The van der Waals surface area contributed by atoms with E-state index in [1.54, 1.807) is 0 Å². The summed E-state index contributed by atoms with van der Waals surface area (Å²) in [5.74, 6) is 0.803. The topological polar surface area (TPSA) is 79.8 Å². The molecule has 2 aromatic rings. The monoisotopic (exact) mass is 478 g/mol. The number of aliphatic hydroxyl groups is 1. The summed E-state index contributed by atoms with van der Waals surface area (Å²) in [5.41, 5.74) is 3.48. The van der Waals surface area contributed by atoms with Gasteiger partial charge >= 0.3 is 0 Å². The largest absolute Gasteiger partial charge is 0.487 e. The molecule has 1 saturated heterocycles. The number of amides is 1. The van der Waals surface area contributed by atoms with Crippen LogP contribution in [0.15, 0.2) is 48.5 Å². The third-order valence-electron chi connectivity index (χ3n) is 7.99. The van der Waals surface area contributed by atoms with Crippen molar-refractivity contribution in [1.29, 1.82) is 0 Å². The highest BCUT2D eigenvalue weighted by Gasteiger charge is 2.45. The SMILES string of the molecule is CCc1ccc2c(c1)[C@@H](NC[C@@H](O)[C@H](Cc1ccccc1)NC(=O)C1CCOC1)CC1(CCC1)O2. The normalized spacial score (nSPS) is 24.2. The van der Waals surface area contributed by atoms with Gasteiger partial charge < -0.3 is 25.2 Å². The Hall–Kier alpha value is -2.41. The fourth-order valence-corrected chi connectivity index (χ4v) is 5.60. The molecule has 2 fully saturated rings. The first-order valence-corrected chi connectivity index (χ1v) is 13.2. The smallest absolute Gasteiger partial charge is 0.225 e. The van der Waals surface area contributed by atoms with E-state index in [1.165, 1.54) is 17.5 Å². The zero-order valence-electron chi connectivity index (χ0n) is 20.7. The predicted molar refractivity (Wildman–Crippen MR) is 135 cm³/mol. The van der Waals surface area contributed by atoms with Crippen LogP contribution in [0.2, 0.25) is 0 Å². The Morgan fingerprint density at radius 3 is 2.69 bits per heavy atom. The minimum atomic E-state index is -0.723. The van der Waals surface area contributed by atoms with Crippen molar-refractivity contribution in [1.82, 2.24) is 10.6 Å². The average Bonchev–Trinajstić information content (AvgIpc) is 3.41. The summed E-state index contributed by atoms with van der Waals surface area (Å²) in [6, 6.07) is 16.3. The quantitative estimate of drug-likeness (QED) is 0.512. The molecule has 6 heteroatoms. The summed E-state index contributed by atoms with van der Waals surface area (Å²) in [5, 5.41) is 18.1. The molecular formula is C29H38N2O4. The molecule has 1 amide bonds. The molecule has 35 heavy (non-hydrogen) atoms. The van der Waals surface area contributed by atoms with Crippen LogP contribution in [0.3, 0.4) is 0 Å². The number of aryl methyl sites for hydroxylation is 1. The lowest BCUT2D eigenvalue weighted by molar-refractivity contribution is -0.126. The van der Waals surface area contributed by atoms with Gasteiger partial charge in [-0.1, -0.05) is 49.4 Å². The minimum absolute atomic E-state index is 0.0279. The van der Waals surface area contributed by atoms with E-state index in [4.69, 9.17) is 9.47 Å². The number of fused-ring (bicyclic) bond motifs is 1. The van der Waals surface area contributed by atoms with Crippen LogP contribution in [-0.4, -0.2) is 48.5 Å². The molecule has 0 radical (unpaired) electrons. The van der Waals surface area contributed by atoms with Gasteiger partial charge in [0.05, 0.1) is 24.7 Å². The number of hydrogen-bond donors (Lipinski definition) is 3. The molecule has 5 rings (SSSR count). The number of benzene rings is 2. The number of rotatable bonds is 9. The third-order valence-corrected chi connectivity index (χ3v) is 7.99. The van der Waals surface area contributed by atoms with Gasteiger partial charge in [-0.2, -0.15) is 0 Å². The zero-order chi connectivity index (χ0) is 24.3. The van der Waals surface area contributed by atoms with Crippen LogP contribution in [0.4, 0.5) is 0 Å². The molecule has 6 nitrogen and oxygen atoms in total. The standard InChI is InChI=1S/C29H38N2O4/c1-2-20-9-10-27-23(15-20)25(17-29(35-27)12-6-13-29)30-18-26(32)24(16-21-7-4-3-5-8-21)31-28(33)22-11-14-34-19-22/h3-5,7-10,15,22,24-26,30,32H,2,6,11-14,16-19H2,1H3,(H,31,33)/t22?,24-,25-,26+/m0/s1. The van der Waals surface area contributed by atoms with Gasteiger partial charge in [-0.05, 0) is 55.7 Å². The zero-order valence-corrected chi connectivity index (χ0v) is 20.7. The van der Waals surface area contributed by atoms with E-state index in [-0.39, 0.29) is 29.5 Å². The summed E-state index contributed by atoms with van der Waals surface area (Å²) >= 11 is 0. The molecule has 0 bridgehead atoms. The molecule has 3 N–H and O–H groups in total. The van der Waals surface area contributed by atoms with E-state index in [1.807, 2.05) is 30.3 Å². The van der Waals surface area contributed by atoms with Crippen LogP contribution in [0.5, 0.6) is 5.75 Å². The van der Waals surface area contributed by atoms with E-state index >= 15 is 0 Å². The minimum Gasteiger partial charge on any atom is -0.487 e. The molecule has 3 aliphatic rings. The second-order valence-electron chi connectivity index (χ2n) is 10.5. The molecular weight excluding hydrogens is 440 g/mol. The fraction of sp³-hybridized carbons (Fsp3) is 0.552. The van der Waals surface area contributed by atoms with E-state index in [0.717, 1.165) is 43.4 Å². The number of nitrogens with one attached hydrogen (secondary N) is 2. The summed E-state index contributed by atoms with van der Waals surface area (Å²) in [7, 11) is 0. The number of ether oxygens (including phenoxy) is 2. The molecule has 2 aliphatic heterocycles. The van der Waals surface area contributed by atoms with Crippen LogP contribution in [0, 0.1) is 5.92 Å². The van der Waals surface area contributed by atoms with Crippen molar-refractivity contribution in [2.24, 2.45) is 5.92 Å². The van der Waals surface area contributed by atoms with E-state index in [2.05, 4.69) is 35.8 Å². The van der Waals surface area contributed by atoms with Crippen molar-refractivity contribution in [3.63, 3.8) is 0 Å². The Morgan fingerprint density at radius 2 is 2.00 bits per heavy atom. The fourth-order valence-electron chi connectivity index (χ4n) is 5.60. The van der Waals surface area contributed by atoms with Crippen molar-refractivity contribution in [3.8, 4) is 5.75 Å². The average molecular weight is 479 g/mol. The van der Waals surface area contributed by atoms with Crippen LogP contribution < -0.4 is 15.4 Å². The predicted octanol–water partition coefficient (Wildman–Crippen LogP) is 3.71. The third kappa shape index (κ3) is 5.55. The first kappa shape index (κ1) is 24.3. The molecule has 2 aromatic carbocycles. The van der Waals surface area contributed by atoms with Crippen molar-refractivity contribution in [2.75, 3.05) is 19.8 Å². The summed E-state index contributed by atoms with van der Waals surface area (Å²) in [4.78, 5) is 12.9. The van der Waals surface area contributed by atoms with Crippen LogP contribution in [0.25, 0.3) is 0 Å². The van der Waals surface area contributed by atoms with Gasteiger partial charge in [0.1, 0.15) is 11.4 Å². The maximum atomic E-state index is 12.9. The summed E-state index contributed by atoms with van der Waals surface area (Å²) in [6.45, 7) is 3.64. The first-order chi connectivity index (χ1) is 17.0. The van der Waals surface area contributed by atoms with Gasteiger partial charge in [-0.15, -0.1) is 0 Å². The van der Waals surface area contributed by atoms with Crippen molar-refractivity contribution < 1.29 is 19.4 Å². The molecule has 1 spiro atoms. The van der Waals surface area contributed by atoms with Gasteiger partial charge in [-0.25, -0.2) is 0 Å². The maximum Gasteiger partial charge on any atom is 0.225 e. The van der Waals surface area contributed by atoms with Crippen molar-refractivity contribution in [2.45, 2.75) is 75.7 Å². The van der Waals surface area contributed by atoms with Crippen LogP contribution in [-0.2, 0) is 22.4 Å². The lowest BCUT2D eigenvalue weighted by atomic mass is 9.72. The van der Waals surface area contributed by atoms with Gasteiger partial charge in [0.2, 0.25) is 5.91 Å². The van der Waals surface area contributed by atoms with Crippen molar-refractivity contribution >= 4 is 5.91 Å². The molecule has 1 unspecified atom stereocenters. The molecule has 4 atom stereocenters. The molecule has 188 valence electrons. The highest BCUT2D eigenvalue weighted by molar-refractivity contribution is 5.79. The number of hydrogen-bond acceptors (Lipinski definition) is 5. The number of carbonyl (C=O) groups is 1. The van der Waals surface area contributed by atoms with E-state index in [9.17, 15) is 9.90 Å².